The molecule has 1 aliphatic rings. The summed E-state index contributed by atoms with van der Waals surface area (Å²) in [5.74, 6) is 3.09. The van der Waals surface area contributed by atoms with E-state index < -0.39 is 16.8 Å². The van der Waals surface area contributed by atoms with Crippen LogP contribution in [0.2, 0.25) is 0 Å². The Balaban J connectivity index is 2.82. The van der Waals surface area contributed by atoms with Crippen LogP contribution < -0.4 is 5.32 Å². The van der Waals surface area contributed by atoms with Crippen molar-refractivity contribution in [3.05, 3.63) is 62.5 Å². The van der Waals surface area contributed by atoms with E-state index in [0.717, 1.165) is 0 Å². The quantitative estimate of drug-likeness (QED) is 0.269. The Bertz CT molecular complexity index is 917. The fourth-order valence-electron chi connectivity index (χ4n) is 2.83. The van der Waals surface area contributed by atoms with Crippen LogP contribution in [0.15, 0.2) is 46.8 Å². The number of carbonyl (C=O) groups is 1. The van der Waals surface area contributed by atoms with E-state index >= 15 is 0 Å². The molecule has 1 unspecified atom stereocenters. The molecule has 0 amide bonds. The van der Waals surface area contributed by atoms with E-state index in [-0.39, 0.29) is 34.8 Å². The van der Waals surface area contributed by atoms with Gasteiger partial charge >= 0.3 is 5.97 Å². The van der Waals surface area contributed by atoms with Crippen LogP contribution in [0.5, 0.6) is 0 Å². The van der Waals surface area contributed by atoms with Crippen molar-refractivity contribution in [2.45, 2.75) is 5.92 Å². The van der Waals surface area contributed by atoms with Gasteiger partial charge in [-0.15, -0.1) is 12.8 Å². The molecule has 0 aliphatic carbocycles. The second-order valence-corrected chi connectivity index (χ2v) is 5.27. The summed E-state index contributed by atoms with van der Waals surface area (Å²) in [5, 5.41) is 14.3. The number of ether oxygens (including phenoxy) is 1. The monoisotopic (exact) mass is 368 g/mol. The highest BCUT2D eigenvalue weighted by Gasteiger charge is 2.38. The maximum absolute atomic E-state index is 12.5. The molecule has 0 bridgehead atoms. The van der Waals surface area contributed by atoms with E-state index in [1.165, 1.54) is 32.4 Å². The van der Waals surface area contributed by atoms with E-state index in [9.17, 15) is 14.9 Å². The van der Waals surface area contributed by atoms with Crippen LogP contribution in [-0.2, 0) is 19.3 Å². The van der Waals surface area contributed by atoms with Crippen molar-refractivity contribution in [1.29, 1.82) is 0 Å². The van der Waals surface area contributed by atoms with Crippen LogP contribution in [0.1, 0.15) is 11.5 Å². The number of terminal acetylenes is 2. The third-order valence-electron chi connectivity index (χ3n) is 3.95. The molecule has 1 aliphatic heterocycles. The molecule has 0 fully saturated rings. The number of nitro groups is 1. The molecule has 1 N–H and O–H groups in total. The maximum Gasteiger partial charge on any atom is 0.337 e. The number of para-hydroxylation sites is 1. The summed E-state index contributed by atoms with van der Waals surface area (Å²) < 4.78 is 4.85. The number of esters is 1. The number of nitrogens with one attached hydrogen (secondary N) is 1. The third kappa shape index (κ3) is 3.82. The molecular weight excluding hydrogens is 352 g/mol. The summed E-state index contributed by atoms with van der Waals surface area (Å²) >= 11 is 0. The number of allylic oxidation sites excluding steroid dienone is 2. The Labute approximate surface area is 155 Å². The van der Waals surface area contributed by atoms with Crippen molar-refractivity contribution < 1.29 is 24.2 Å². The number of hydrogen-bond donors (Lipinski definition) is 1. The van der Waals surface area contributed by atoms with Crippen LogP contribution in [0.3, 0.4) is 0 Å². The lowest BCUT2D eigenvalue weighted by atomic mass is 9.79. The predicted molar refractivity (Wildman–Crippen MR) is 95.7 cm³/mol. The van der Waals surface area contributed by atoms with Gasteiger partial charge in [0, 0.05) is 17.2 Å². The van der Waals surface area contributed by atoms with Gasteiger partial charge < -0.3 is 10.1 Å². The molecule has 27 heavy (non-hydrogen) atoms. The summed E-state index contributed by atoms with van der Waals surface area (Å²) in [5.41, 5.74) is 0.707. The lowest BCUT2D eigenvalue weighted by molar-refractivity contribution is -0.385. The van der Waals surface area contributed by atoms with Gasteiger partial charge in [-0.1, -0.05) is 30.0 Å². The number of methoxy groups -OCH3 is 1. The first kappa shape index (κ1) is 19.7. The van der Waals surface area contributed by atoms with Crippen LogP contribution in [0.25, 0.3) is 0 Å². The smallest absolute Gasteiger partial charge is 0.337 e. The van der Waals surface area contributed by atoms with Crippen molar-refractivity contribution in [3.63, 3.8) is 0 Å². The van der Waals surface area contributed by atoms with Gasteiger partial charge in [0.25, 0.3) is 5.69 Å². The van der Waals surface area contributed by atoms with Crippen LogP contribution in [-0.4, -0.2) is 31.7 Å². The number of benzene rings is 1. The molecule has 1 atom stereocenters. The van der Waals surface area contributed by atoms with E-state index in [0.29, 0.717) is 5.57 Å². The number of hydrogen-bond acceptors (Lipinski definition) is 7. The second kappa shape index (κ2) is 8.68. The Morgan fingerprint density at radius 2 is 1.93 bits per heavy atom. The summed E-state index contributed by atoms with van der Waals surface area (Å²) in [6.45, 7) is -0.155. The first-order valence-corrected chi connectivity index (χ1v) is 7.64. The second-order valence-electron chi connectivity index (χ2n) is 5.27. The zero-order valence-electron chi connectivity index (χ0n) is 14.6. The van der Waals surface area contributed by atoms with Gasteiger partial charge in [0.15, 0.2) is 0 Å². The number of nitrogens with zero attached hydrogens (tertiary/aromatic N) is 1. The third-order valence-corrected chi connectivity index (χ3v) is 3.95. The first-order valence-electron chi connectivity index (χ1n) is 7.64. The van der Waals surface area contributed by atoms with Crippen LogP contribution in [0.4, 0.5) is 5.69 Å². The van der Waals surface area contributed by atoms with Crippen LogP contribution in [0, 0.1) is 34.8 Å². The Morgan fingerprint density at radius 3 is 2.48 bits per heavy atom. The van der Waals surface area contributed by atoms with Crippen molar-refractivity contribution in [2.24, 2.45) is 0 Å². The Morgan fingerprint density at radius 1 is 1.26 bits per heavy atom. The Kier molecular flexibility index (Phi) is 6.34. The highest BCUT2D eigenvalue weighted by molar-refractivity contribution is 5.94. The predicted octanol–water partition coefficient (Wildman–Crippen LogP) is 1.81. The zero-order valence-corrected chi connectivity index (χ0v) is 14.6. The van der Waals surface area contributed by atoms with Crippen molar-refractivity contribution in [1.82, 2.24) is 5.32 Å². The molecule has 0 radical (unpaired) electrons. The molecule has 0 saturated carbocycles. The van der Waals surface area contributed by atoms with Gasteiger partial charge in [-0.25, -0.2) is 14.6 Å². The minimum Gasteiger partial charge on any atom is -0.466 e. The average molecular weight is 368 g/mol. The van der Waals surface area contributed by atoms with E-state index in [2.05, 4.69) is 22.0 Å². The SMILES string of the molecule is C#CC1=C(COOC)C(c2ccccc2[N+](=O)[O-])C(C(=O)OC)=C(C#C)N1. The molecule has 0 spiro atoms. The molecule has 1 heterocycles. The van der Waals surface area contributed by atoms with E-state index in [1.807, 2.05) is 0 Å². The number of rotatable bonds is 6. The van der Waals surface area contributed by atoms with Gasteiger partial charge in [0.1, 0.15) is 12.3 Å². The van der Waals surface area contributed by atoms with Gasteiger partial charge in [-0.05, 0) is 0 Å². The topological polar surface area (TPSA) is 99.9 Å². The highest BCUT2D eigenvalue weighted by Crippen LogP contribution is 2.42. The minimum atomic E-state index is -0.951. The maximum atomic E-state index is 12.5. The van der Waals surface area contributed by atoms with Crippen molar-refractivity contribution >= 4 is 11.7 Å². The number of dihydropyridines is 1. The van der Waals surface area contributed by atoms with Crippen molar-refractivity contribution in [3.8, 4) is 24.7 Å². The summed E-state index contributed by atoms with van der Waals surface area (Å²) in [6.07, 6.45) is 11.1. The molecule has 0 saturated heterocycles. The van der Waals surface area contributed by atoms with Crippen LogP contribution >= 0.6 is 0 Å². The van der Waals surface area contributed by atoms with Gasteiger partial charge in [-0.3, -0.25) is 10.1 Å². The molecular formula is C19H16N2O6. The molecule has 1 aromatic carbocycles. The fourth-order valence-corrected chi connectivity index (χ4v) is 2.83. The lowest BCUT2D eigenvalue weighted by Gasteiger charge is -2.29. The normalized spacial score (nSPS) is 16.2. The van der Waals surface area contributed by atoms with E-state index in [4.69, 9.17) is 22.5 Å². The largest absolute Gasteiger partial charge is 0.466 e. The van der Waals surface area contributed by atoms with Gasteiger partial charge in [-0.2, -0.15) is 0 Å². The first-order chi connectivity index (χ1) is 13.0. The number of carbonyl (C=O) groups excluding carboxylic acids is 1. The molecule has 0 aromatic heterocycles. The lowest BCUT2D eigenvalue weighted by Crippen LogP contribution is -2.31. The molecule has 1 aromatic rings. The Hall–Kier alpha value is -3.59. The van der Waals surface area contributed by atoms with Gasteiger partial charge in [0.05, 0.1) is 36.3 Å². The molecule has 8 nitrogen and oxygen atoms in total. The summed E-state index contributed by atoms with van der Waals surface area (Å²) in [6, 6.07) is 5.97. The minimum absolute atomic E-state index is 0.0167. The van der Waals surface area contributed by atoms with E-state index in [1.54, 1.807) is 6.07 Å². The number of nitro benzene ring substituents is 1. The highest BCUT2D eigenvalue weighted by atomic mass is 17.2. The zero-order chi connectivity index (χ0) is 20.0. The molecule has 8 heteroatoms. The average Bonchev–Trinajstić information content (AvgIpc) is 2.70. The fraction of sp³-hybridized carbons (Fsp3) is 0.211. The standard InChI is InChI=1S/C19H16N2O6/c1-5-14-13(11-27-26-4)17(12-9-7-8-10-16(12)21(23)24)18(19(22)25-3)15(6-2)20-14/h1-2,7-10,17,20H,11H2,3-4H3. The van der Waals surface area contributed by atoms with Crippen molar-refractivity contribution in [2.75, 3.05) is 20.8 Å². The molecule has 2 rings (SSSR count). The molecule has 138 valence electrons. The summed E-state index contributed by atoms with van der Waals surface area (Å²) in [4.78, 5) is 33.1. The summed E-state index contributed by atoms with van der Waals surface area (Å²) in [7, 11) is 2.49. The van der Waals surface area contributed by atoms with Gasteiger partial charge in [0.2, 0.25) is 0 Å².